The summed E-state index contributed by atoms with van der Waals surface area (Å²) >= 11 is 0. The molecule has 1 rings (SSSR count). The number of nitrogens with zero attached hydrogens (tertiary/aromatic N) is 2. The van der Waals surface area contributed by atoms with Crippen molar-refractivity contribution < 1.29 is 9.18 Å². The maximum atomic E-state index is 11.9. The number of aromatic nitrogens is 2. The smallest absolute Gasteiger partial charge is 0.221 e. The Kier molecular flexibility index (Phi) is 2.20. The fraction of sp³-hybridized carbons (Fsp3) is 0.333. The summed E-state index contributed by atoms with van der Waals surface area (Å²) in [7, 11) is 0. The molecule has 4 nitrogen and oxygen atoms in total. The van der Waals surface area contributed by atoms with Gasteiger partial charge in [-0.3, -0.25) is 4.79 Å². The van der Waals surface area contributed by atoms with Gasteiger partial charge in [-0.05, 0) is 5.56 Å². The number of carbonyl (C=O) groups is 1. The Balaban J connectivity index is 2.65. The molecule has 5 heteroatoms. The number of primary amides is 1. The molecule has 0 atom stereocenters. The van der Waals surface area contributed by atoms with Crippen molar-refractivity contribution in [3.05, 3.63) is 18.0 Å². The van der Waals surface area contributed by atoms with Crippen molar-refractivity contribution in [2.45, 2.75) is 13.2 Å². The number of hydrogen-bond acceptors (Lipinski definition) is 2. The van der Waals surface area contributed by atoms with Crippen molar-refractivity contribution in [3.8, 4) is 0 Å². The van der Waals surface area contributed by atoms with Gasteiger partial charge < -0.3 is 5.73 Å². The Morgan fingerprint density at radius 2 is 2.55 bits per heavy atom. The van der Waals surface area contributed by atoms with Crippen molar-refractivity contribution in [3.63, 3.8) is 0 Å². The van der Waals surface area contributed by atoms with Crippen LogP contribution in [-0.2, 0) is 18.0 Å². The van der Waals surface area contributed by atoms with E-state index in [1.807, 2.05) is 0 Å². The molecule has 0 radical (unpaired) electrons. The standard InChI is InChI=1S/C6H8FN3O/c7-4-10-3-5(2-9-10)1-6(8)11/h2-3H,1,4H2,(H2,8,11). The molecular formula is C6H8FN3O. The minimum atomic E-state index is -0.682. The first kappa shape index (κ1) is 7.71. The second-order valence-corrected chi connectivity index (χ2v) is 2.15. The first-order valence-corrected chi connectivity index (χ1v) is 3.08. The third-order valence-corrected chi connectivity index (χ3v) is 1.19. The van der Waals surface area contributed by atoms with Crippen LogP contribution in [0.2, 0.25) is 0 Å². The molecule has 2 N–H and O–H groups in total. The molecule has 0 spiro atoms. The van der Waals surface area contributed by atoms with Gasteiger partial charge in [-0.1, -0.05) is 0 Å². The van der Waals surface area contributed by atoms with Crippen LogP contribution in [-0.4, -0.2) is 15.7 Å². The van der Waals surface area contributed by atoms with Crippen LogP contribution in [0.5, 0.6) is 0 Å². The van der Waals surface area contributed by atoms with Crippen molar-refractivity contribution in [2.24, 2.45) is 5.73 Å². The molecule has 0 saturated carbocycles. The van der Waals surface area contributed by atoms with Gasteiger partial charge in [0.05, 0.1) is 12.6 Å². The summed E-state index contributed by atoms with van der Waals surface area (Å²) in [5, 5.41) is 3.62. The van der Waals surface area contributed by atoms with Crippen molar-refractivity contribution in [1.29, 1.82) is 0 Å². The predicted molar refractivity (Wildman–Crippen MR) is 36.2 cm³/mol. The third-order valence-electron chi connectivity index (χ3n) is 1.19. The molecule has 1 amide bonds. The first-order valence-electron chi connectivity index (χ1n) is 3.08. The summed E-state index contributed by atoms with van der Waals surface area (Å²) in [5.41, 5.74) is 5.54. The summed E-state index contributed by atoms with van der Waals surface area (Å²) in [6.07, 6.45) is 2.98. The van der Waals surface area contributed by atoms with E-state index in [9.17, 15) is 9.18 Å². The van der Waals surface area contributed by atoms with E-state index >= 15 is 0 Å². The van der Waals surface area contributed by atoms with E-state index in [-0.39, 0.29) is 6.42 Å². The van der Waals surface area contributed by atoms with Crippen LogP contribution < -0.4 is 5.73 Å². The number of halogens is 1. The lowest BCUT2D eigenvalue weighted by molar-refractivity contribution is -0.117. The summed E-state index contributed by atoms with van der Waals surface area (Å²) in [6.45, 7) is -0.682. The van der Waals surface area contributed by atoms with Gasteiger partial charge in [0, 0.05) is 6.20 Å². The SMILES string of the molecule is NC(=O)Cc1cnn(CF)c1. The Labute approximate surface area is 62.8 Å². The topological polar surface area (TPSA) is 60.9 Å². The normalized spacial score (nSPS) is 9.91. The van der Waals surface area contributed by atoms with Crippen molar-refractivity contribution in [1.82, 2.24) is 9.78 Å². The molecule has 1 aromatic rings. The summed E-state index contributed by atoms with van der Waals surface area (Å²) in [5.74, 6) is -0.441. The molecule has 0 saturated heterocycles. The highest BCUT2D eigenvalue weighted by Crippen LogP contribution is 1.97. The van der Waals surface area contributed by atoms with E-state index in [4.69, 9.17) is 5.73 Å². The van der Waals surface area contributed by atoms with E-state index in [2.05, 4.69) is 5.10 Å². The highest BCUT2D eigenvalue weighted by molar-refractivity contribution is 5.76. The minimum absolute atomic E-state index is 0.111. The maximum absolute atomic E-state index is 11.9. The molecule has 0 aliphatic carbocycles. The number of nitrogens with two attached hydrogens (primary N) is 1. The number of carbonyl (C=O) groups excluding carboxylic acids is 1. The second-order valence-electron chi connectivity index (χ2n) is 2.15. The van der Waals surface area contributed by atoms with Crippen molar-refractivity contribution in [2.75, 3.05) is 0 Å². The zero-order valence-electron chi connectivity index (χ0n) is 5.83. The maximum Gasteiger partial charge on any atom is 0.221 e. The monoisotopic (exact) mass is 157 g/mol. The van der Waals surface area contributed by atoms with Crippen LogP contribution in [0.3, 0.4) is 0 Å². The van der Waals surface area contributed by atoms with Gasteiger partial charge in [-0.15, -0.1) is 0 Å². The van der Waals surface area contributed by atoms with E-state index in [1.54, 1.807) is 0 Å². The highest BCUT2D eigenvalue weighted by atomic mass is 19.1. The van der Waals surface area contributed by atoms with Crippen LogP contribution in [0, 0.1) is 0 Å². The summed E-state index contributed by atoms with van der Waals surface area (Å²) in [4.78, 5) is 10.4. The molecule has 0 aliphatic heterocycles. The highest BCUT2D eigenvalue weighted by Gasteiger charge is 2.00. The van der Waals surface area contributed by atoms with Crippen LogP contribution in [0.25, 0.3) is 0 Å². The van der Waals surface area contributed by atoms with Crippen LogP contribution in [0.15, 0.2) is 12.4 Å². The molecule has 1 aromatic heterocycles. The van der Waals surface area contributed by atoms with Gasteiger partial charge in [0.1, 0.15) is 0 Å². The largest absolute Gasteiger partial charge is 0.369 e. The second kappa shape index (κ2) is 3.14. The minimum Gasteiger partial charge on any atom is -0.369 e. The van der Waals surface area contributed by atoms with Crippen LogP contribution in [0.1, 0.15) is 5.56 Å². The number of amides is 1. The first-order chi connectivity index (χ1) is 5.22. The lowest BCUT2D eigenvalue weighted by atomic mass is 10.2. The lowest BCUT2D eigenvalue weighted by Crippen LogP contribution is -2.13. The fourth-order valence-electron chi connectivity index (χ4n) is 0.764. The summed E-state index contributed by atoms with van der Waals surface area (Å²) < 4.78 is 13.0. The molecule has 60 valence electrons. The van der Waals surface area contributed by atoms with E-state index in [1.165, 1.54) is 12.4 Å². The molecule has 0 aliphatic rings. The van der Waals surface area contributed by atoms with E-state index in [0.29, 0.717) is 5.56 Å². The molecule has 0 bridgehead atoms. The Morgan fingerprint density at radius 3 is 3.00 bits per heavy atom. The van der Waals surface area contributed by atoms with Gasteiger partial charge in [0.25, 0.3) is 0 Å². The van der Waals surface area contributed by atoms with Crippen LogP contribution in [0.4, 0.5) is 4.39 Å². The predicted octanol–water partition coefficient (Wildman–Crippen LogP) is -0.162. The fourth-order valence-corrected chi connectivity index (χ4v) is 0.764. The summed E-state index contributed by atoms with van der Waals surface area (Å²) in [6, 6.07) is 0. The number of rotatable bonds is 3. The third kappa shape index (κ3) is 2.03. The van der Waals surface area contributed by atoms with E-state index < -0.39 is 12.7 Å². The molecule has 0 fully saturated rings. The molecule has 0 unspecified atom stereocenters. The zero-order chi connectivity index (χ0) is 8.27. The van der Waals surface area contributed by atoms with Crippen molar-refractivity contribution >= 4 is 5.91 Å². The number of hydrogen-bond donors (Lipinski definition) is 1. The van der Waals surface area contributed by atoms with Gasteiger partial charge >= 0.3 is 0 Å². The zero-order valence-corrected chi connectivity index (χ0v) is 5.83. The molecule has 1 heterocycles. The average Bonchev–Trinajstić information content (AvgIpc) is 2.34. The van der Waals surface area contributed by atoms with Gasteiger partial charge in [0.2, 0.25) is 5.91 Å². The van der Waals surface area contributed by atoms with Gasteiger partial charge in [0.15, 0.2) is 6.80 Å². The molecule has 11 heavy (non-hydrogen) atoms. The van der Waals surface area contributed by atoms with E-state index in [0.717, 1.165) is 4.68 Å². The average molecular weight is 157 g/mol. The lowest BCUT2D eigenvalue weighted by Gasteiger charge is -1.88. The Hall–Kier alpha value is -1.39. The van der Waals surface area contributed by atoms with Crippen LogP contribution >= 0.6 is 0 Å². The Morgan fingerprint density at radius 1 is 1.82 bits per heavy atom. The van der Waals surface area contributed by atoms with Gasteiger partial charge in [-0.25, -0.2) is 9.07 Å². The Bertz CT molecular complexity index is 258. The van der Waals surface area contributed by atoms with Gasteiger partial charge in [-0.2, -0.15) is 5.10 Å². The quantitative estimate of drug-likeness (QED) is 0.662. The molecule has 0 aromatic carbocycles. The molecular weight excluding hydrogens is 149 g/mol. The number of alkyl halides is 1.